The summed E-state index contributed by atoms with van der Waals surface area (Å²) in [5.74, 6) is 0. The molecule has 4 heteroatoms. The number of pyridine rings is 3. The second-order valence-corrected chi connectivity index (χ2v) is 6.37. The molecular weight excluding hydrogens is 302 g/mol. The molecule has 0 aliphatic carbocycles. The number of fused-ring (bicyclic) bond motifs is 4. The zero-order chi connectivity index (χ0) is 15.2. The molecule has 0 amide bonds. The average Bonchev–Trinajstić information content (AvgIpc) is 3.00. The second-order valence-electron chi connectivity index (χ2n) is 5.38. The van der Waals surface area contributed by atoms with Crippen LogP contribution in [-0.2, 0) is 0 Å². The van der Waals surface area contributed by atoms with Crippen LogP contribution in [0.2, 0.25) is 0 Å². The molecule has 5 rings (SSSR count). The lowest BCUT2D eigenvalue weighted by Gasteiger charge is -2.06. The van der Waals surface area contributed by atoms with Crippen molar-refractivity contribution < 1.29 is 0 Å². The maximum absolute atomic E-state index is 4.67. The van der Waals surface area contributed by atoms with Gasteiger partial charge in [0.15, 0.2) is 0 Å². The van der Waals surface area contributed by atoms with Crippen molar-refractivity contribution in [2.45, 2.75) is 0 Å². The third kappa shape index (κ3) is 1.85. The quantitative estimate of drug-likeness (QED) is 0.434. The van der Waals surface area contributed by atoms with E-state index >= 15 is 0 Å². The summed E-state index contributed by atoms with van der Waals surface area (Å²) < 4.78 is 1.17. The van der Waals surface area contributed by atoms with E-state index in [0.29, 0.717) is 0 Å². The van der Waals surface area contributed by atoms with Crippen LogP contribution in [0.25, 0.3) is 42.5 Å². The first kappa shape index (κ1) is 12.7. The van der Waals surface area contributed by atoms with Gasteiger partial charge in [0.2, 0.25) is 0 Å². The summed E-state index contributed by atoms with van der Waals surface area (Å²) in [5.41, 5.74) is 3.04. The van der Waals surface area contributed by atoms with E-state index in [4.69, 9.17) is 0 Å². The first-order chi connectivity index (χ1) is 11.4. The number of nitrogens with zero attached hydrogens (tertiary/aromatic N) is 3. The zero-order valence-electron chi connectivity index (χ0n) is 12.1. The lowest BCUT2D eigenvalue weighted by Crippen LogP contribution is -1.87. The third-order valence-corrected chi connectivity index (χ3v) is 5.19. The number of benzene rings is 1. The minimum atomic E-state index is 0.981. The van der Waals surface area contributed by atoms with Gasteiger partial charge in [-0.3, -0.25) is 9.97 Å². The second kappa shape index (κ2) is 4.83. The van der Waals surface area contributed by atoms with Gasteiger partial charge < -0.3 is 0 Å². The van der Waals surface area contributed by atoms with Crippen molar-refractivity contribution >= 4 is 42.5 Å². The van der Waals surface area contributed by atoms with Crippen LogP contribution in [0.3, 0.4) is 0 Å². The smallest absolute Gasteiger partial charge is 0.124 e. The first-order valence-electron chi connectivity index (χ1n) is 7.38. The number of hydrogen-bond donors (Lipinski definition) is 0. The molecule has 0 saturated carbocycles. The van der Waals surface area contributed by atoms with Crippen molar-refractivity contribution in [3.8, 4) is 11.3 Å². The standard InChI is InChI=1S/C19H11N3S/c1-4-12-5-2-9-20-16(12)15(6-1)17-18-13(8-11-21-17)14-7-3-10-22-19(14)23-18/h1-11H. The molecule has 0 atom stereocenters. The summed E-state index contributed by atoms with van der Waals surface area (Å²) >= 11 is 1.69. The molecule has 0 aliphatic rings. The molecule has 0 unspecified atom stereocenters. The van der Waals surface area contributed by atoms with Gasteiger partial charge in [0.25, 0.3) is 0 Å². The largest absolute Gasteiger partial charge is 0.256 e. The van der Waals surface area contributed by atoms with Crippen LogP contribution in [0.1, 0.15) is 0 Å². The van der Waals surface area contributed by atoms with Gasteiger partial charge in [-0.05, 0) is 24.3 Å². The third-order valence-electron chi connectivity index (χ3n) is 4.05. The molecule has 5 aromatic rings. The van der Waals surface area contributed by atoms with Gasteiger partial charge in [0.05, 0.1) is 15.9 Å². The highest BCUT2D eigenvalue weighted by Gasteiger charge is 2.14. The predicted molar refractivity (Wildman–Crippen MR) is 95.7 cm³/mol. The average molecular weight is 313 g/mol. The summed E-state index contributed by atoms with van der Waals surface area (Å²) in [7, 11) is 0. The molecule has 4 heterocycles. The Morgan fingerprint density at radius 2 is 1.57 bits per heavy atom. The minimum Gasteiger partial charge on any atom is -0.256 e. The number of hydrogen-bond acceptors (Lipinski definition) is 4. The Labute approximate surface area is 136 Å². The Kier molecular flexibility index (Phi) is 2.66. The van der Waals surface area contributed by atoms with E-state index in [1.807, 2.05) is 30.7 Å². The van der Waals surface area contributed by atoms with Crippen molar-refractivity contribution in [2.24, 2.45) is 0 Å². The Bertz CT molecular complexity index is 1170. The van der Waals surface area contributed by atoms with Crippen molar-refractivity contribution in [1.29, 1.82) is 0 Å². The predicted octanol–water partition coefficient (Wildman–Crippen LogP) is 5.06. The van der Waals surface area contributed by atoms with Gasteiger partial charge in [-0.2, -0.15) is 0 Å². The Hall–Kier alpha value is -2.85. The van der Waals surface area contributed by atoms with Crippen LogP contribution in [0.4, 0.5) is 0 Å². The summed E-state index contributed by atoms with van der Waals surface area (Å²) in [4.78, 5) is 14.8. The van der Waals surface area contributed by atoms with Crippen molar-refractivity contribution in [1.82, 2.24) is 15.0 Å². The summed E-state index contributed by atoms with van der Waals surface area (Å²) in [6.07, 6.45) is 5.54. The van der Waals surface area contributed by atoms with E-state index in [0.717, 1.165) is 27.0 Å². The Morgan fingerprint density at radius 3 is 2.57 bits per heavy atom. The molecular formula is C19H11N3S. The molecule has 4 aromatic heterocycles. The number of para-hydroxylation sites is 1. The lowest BCUT2D eigenvalue weighted by molar-refractivity contribution is 1.35. The fourth-order valence-corrected chi connectivity index (χ4v) is 4.17. The maximum Gasteiger partial charge on any atom is 0.124 e. The maximum atomic E-state index is 4.67. The van der Waals surface area contributed by atoms with Gasteiger partial charge in [-0.15, -0.1) is 11.3 Å². The van der Waals surface area contributed by atoms with Crippen LogP contribution in [0, 0.1) is 0 Å². The van der Waals surface area contributed by atoms with Crippen LogP contribution < -0.4 is 0 Å². The molecule has 0 bridgehead atoms. The van der Waals surface area contributed by atoms with Gasteiger partial charge >= 0.3 is 0 Å². The van der Waals surface area contributed by atoms with E-state index < -0.39 is 0 Å². The van der Waals surface area contributed by atoms with Crippen molar-refractivity contribution in [2.75, 3.05) is 0 Å². The molecule has 3 nitrogen and oxygen atoms in total. The van der Waals surface area contributed by atoms with Crippen molar-refractivity contribution in [3.05, 3.63) is 67.1 Å². The molecule has 108 valence electrons. The molecule has 1 aromatic carbocycles. The van der Waals surface area contributed by atoms with Gasteiger partial charge in [-0.25, -0.2) is 4.98 Å². The molecule has 0 fully saturated rings. The fraction of sp³-hybridized carbons (Fsp3) is 0. The molecule has 0 saturated heterocycles. The van der Waals surface area contributed by atoms with Gasteiger partial charge in [-0.1, -0.05) is 24.3 Å². The molecule has 23 heavy (non-hydrogen) atoms. The number of thiophene rings is 1. The van der Waals surface area contributed by atoms with Crippen LogP contribution >= 0.6 is 11.3 Å². The minimum absolute atomic E-state index is 0.981. The highest BCUT2D eigenvalue weighted by molar-refractivity contribution is 7.26. The van der Waals surface area contributed by atoms with Crippen molar-refractivity contribution in [3.63, 3.8) is 0 Å². The van der Waals surface area contributed by atoms with Gasteiger partial charge in [0, 0.05) is 40.3 Å². The lowest BCUT2D eigenvalue weighted by atomic mass is 10.0. The number of aromatic nitrogens is 3. The van der Waals surface area contributed by atoms with Crippen LogP contribution in [0.5, 0.6) is 0 Å². The topological polar surface area (TPSA) is 38.7 Å². The highest BCUT2D eigenvalue weighted by atomic mass is 32.1. The van der Waals surface area contributed by atoms with Crippen LogP contribution in [-0.4, -0.2) is 15.0 Å². The highest BCUT2D eigenvalue weighted by Crippen LogP contribution is 2.39. The Morgan fingerprint density at radius 1 is 0.696 bits per heavy atom. The van der Waals surface area contributed by atoms with Gasteiger partial charge in [0.1, 0.15) is 4.83 Å². The summed E-state index contributed by atoms with van der Waals surface area (Å²) in [5, 5.41) is 3.52. The van der Waals surface area contributed by atoms with Crippen LogP contribution in [0.15, 0.2) is 67.1 Å². The fourth-order valence-electron chi connectivity index (χ4n) is 3.02. The summed E-state index contributed by atoms with van der Waals surface area (Å²) in [6.45, 7) is 0. The summed E-state index contributed by atoms with van der Waals surface area (Å²) in [6, 6.07) is 16.4. The first-order valence-corrected chi connectivity index (χ1v) is 8.20. The zero-order valence-corrected chi connectivity index (χ0v) is 12.9. The molecule has 0 aliphatic heterocycles. The monoisotopic (exact) mass is 313 g/mol. The number of rotatable bonds is 1. The molecule has 0 radical (unpaired) electrons. The Balaban J connectivity index is 1.93. The normalized spacial score (nSPS) is 11.5. The van der Waals surface area contributed by atoms with E-state index in [9.17, 15) is 0 Å². The van der Waals surface area contributed by atoms with E-state index in [2.05, 4.69) is 51.4 Å². The van der Waals surface area contributed by atoms with E-state index in [1.54, 1.807) is 11.3 Å². The van der Waals surface area contributed by atoms with E-state index in [-0.39, 0.29) is 0 Å². The molecule has 0 N–H and O–H groups in total. The van der Waals surface area contributed by atoms with E-state index in [1.165, 1.54) is 15.5 Å². The SMILES string of the molecule is c1cnc2c(-c3nccc4c3sc3ncccc34)cccc2c1. The molecule has 0 spiro atoms.